The summed E-state index contributed by atoms with van der Waals surface area (Å²) in [6.07, 6.45) is 1.80. The Morgan fingerprint density at radius 1 is 1.36 bits per heavy atom. The predicted octanol–water partition coefficient (Wildman–Crippen LogP) is 1.68. The smallest absolute Gasteiger partial charge is 0.137 e. The van der Waals surface area contributed by atoms with E-state index in [2.05, 4.69) is 9.97 Å². The van der Waals surface area contributed by atoms with Crippen molar-refractivity contribution in [2.45, 2.75) is 0 Å². The van der Waals surface area contributed by atoms with Gasteiger partial charge in [-0.3, -0.25) is 0 Å². The number of pyridine rings is 1. The largest absolute Gasteiger partial charge is 0.346 e. The Labute approximate surface area is 65.3 Å². The fourth-order valence-electron chi connectivity index (χ4n) is 1.01. The van der Waals surface area contributed by atoms with E-state index >= 15 is 0 Å². The fourth-order valence-corrected chi connectivity index (χ4v) is 1.01. The Bertz CT molecular complexity index is 351. The number of fused-ring (bicyclic) bond motifs is 1. The van der Waals surface area contributed by atoms with Gasteiger partial charge in [0.2, 0.25) is 0 Å². The molecular formula is C9H6N2. The normalized spacial score (nSPS) is 10.7. The third kappa shape index (κ3) is 0.909. The van der Waals surface area contributed by atoms with Crippen LogP contribution in [-0.4, -0.2) is 9.97 Å². The highest BCUT2D eigenvalue weighted by Crippen LogP contribution is 2.13. The van der Waals surface area contributed by atoms with E-state index in [0.717, 1.165) is 11.0 Å². The molecule has 52 valence electrons. The van der Waals surface area contributed by atoms with E-state index in [1.54, 1.807) is 12.3 Å². The van der Waals surface area contributed by atoms with E-state index in [4.69, 9.17) is 13.8 Å². The summed E-state index contributed by atoms with van der Waals surface area (Å²) in [5.74, 6) is 0. The number of nitrogens with one attached hydrogen (secondary N) is 1. The van der Waals surface area contributed by atoms with Gasteiger partial charge in [0.1, 0.15) is 5.65 Å². The van der Waals surface area contributed by atoms with Crippen molar-refractivity contribution in [3.05, 3.63) is 43.4 Å². The van der Waals surface area contributed by atoms with Crippen molar-refractivity contribution < 1.29 is 0 Å². The number of aromatic amines is 1. The lowest BCUT2D eigenvalue weighted by Gasteiger charge is -1.96. The lowest BCUT2D eigenvalue weighted by molar-refractivity contribution is 1.26. The molecule has 2 aromatic rings. The van der Waals surface area contributed by atoms with Crippen LogP contribution in [0.5, 0.6) is 0 Å². The lowest BCUT2D eigenvalue weighted by atomic mass is 10.2. The van der Waals surface area contributed by atoms with Crippen molar-refractivity contribution in [3.8, 4) is 0 Å². The predicted molar refractivity (Wildman–Crippen MR) is 42.9 cm³/mol. The van der Waals surface area contributed by atoms with Crippen molar-refractivity contribution in [2.24, 2.45) is 0 Å². The zero-order valence-electron chi connectivity index (χ0n) is 5.83. The molecular weight excluding hydrogens is 136 g/mol. The zero-order chi connectivity index (χ0) is 7.84. The maximum atomic E-state index is 5.54. The van der Waals surface area contributed by atoms with Crippen LogP contribution >= 0.6 is 0 Å². The van der Waals surface area contributed by atoms with E-state index in [9.17, 15) is 0 Å². The van der Waals surface area contributed by atoms with Gasteiger partial charge >= 0.3 is 0 Å². The average Bonchev–Trinajstić information content (AvgIpc) is 2.36. The second-order valence-electron chi connectivity index (χ2n) is 2.38. The molecule has 0 aliphatic carbocycles. The molecule has 0 fully saturated rings. The van der Waals surface area contributed by atoms with Crippen LogP contribution in [0.2, 0.25) is 0 Å². The third-order valence-corrected chi connectivity index (χ3v) is 1.60. The van der Waals surface area contributed by atoms with Gasteiger partial charge in [-0.05, 0) is 17.7 Å². The number of nitrogens with zero attached hydrogens (tertiary/aromatic N) is 1. The molecule has 0 spiro atoms. The van der Waals surface area contributed by atoms with E-state index in [1.165, 1.54) is 0 Å². The Balaban J connectivity index is 2.86. The second-order valence-corrected chi connectivity index (χ2v) is 2.38. The highest BCUT2D eigenvalue weighted by Gasteiger charge is 1.98. The number of aromatic nitrogens is 2. The molecule has 2 nitrogen and oxygen atoms in total. The first-order chi connectivity index (χ1) is 5.27. The summed E-state index contributed by atoms with van der Waals surface area (Å²) in [5, 5.41) is 0.983. The van der Waals surface area contributed by atoms with Crippen LogP contribution in [0.4, 0.5) is 0 Å². The van der Waals surface area contributed by atoms with Gasteiger partial charge < -0.3 is 4.98 Å². The topological polar surface area (TPSA) is 28.7 Å². The maximum absolute atomic E-state index is 5.54. The Morgan fingerprint density at radius 3 is 3.00 bits per heavy atom. The first-order valence-corrected chi connectivity index (χ1v) is 3.26. The molecule has 11 heavy (non-hydrogen) atoms. The van der Waals surface area contributed by atoms with Crippen molar-refractivity contribution in [1.82, 2.24) is 9.97 Å². The van der Waals surface area contributed by atoms with Crippen LogP contribution in [0.25, 0.3) is 11.0 Å². The summed E-state index contributed by atoms with van der Waals surface area (Å²) in [4.78, 5) is 6.97. The molecule has 2 heteroatoms. The molecule has 2 rings (SSSR count). The number of H-pyrrole nitrogens is 1. The number of rotatable bonds is 0. The monoisotopic (exact) mass is 142 g/mol. The SMILES string of the molecule is [CH]c1cc2cc[nH]c2nc1[CH]. The zero-order valence-corrected chi connectivity index (χ0v) is 5.83. The van der Waals surface area contributed by atoms with Crippen molar-refractivity contribution >= 4 is 11.0 Å². The van der Waals surface area contributed by atoms with Crippen molar-refractivity contribution in [3.63, 3.8) is 0 Å². The first kappa shape index (κ1) is 6.40. The minimum absolute atomic E-state index is 0.375. The van der Waals surface area contributed by atoms with Crippen molar-refractivity contribution in [1.29, 1.82) is 0 Å². The summed E-state index contributed by atoms with van der Waals surface area (Å²) < 4.78 is 0. The molecule has 0 saturated heterocycles. The van der Waals surface area contributed by atoms with Crippen LogP contribution in [0, 0.1) is 13.8 Å². The molecule has 4 radical (unpaired) electrons. The molecule has 0 saturated carbocycles. The van der Waals surface area contributed by atoms with Gasteiger partial charge in [-0.25, -0.2) is 4.98 Å². The van der Waals surface area contributed by atoms with Crippen LogP contribution < -0.4 is 0 Å². The van der Waals surface area contributed by atoms with Crippen LogP contribution in [0.1, 0.15) is 11.3 Å². The van der Waals surface area contributed by atoms with E-state index in [1.807, 2.05) is 6.07 Å². The van der Waals surface area contributed by atoms with Gasteiger partial charge in [-0.2, -0.15) is 0 Å². The third-order valence-electron chi connectivity index (χ3n) is 1.60. The molecule has 0 amide bonds. The Hall–Kier alpha value is -1.31. The summed E-state index contributed by atoms with van der Waals surface area (Å²) in [5.41, 5.74) is 1.67. The average molecular weight is 142 g/mol. The molecule has 0 aliphatic heterocycles. The van der Waals surface area contributed by atoms with Crippen molar-refractivity contribution in [2.75, 3.05) is 0 Å². The van der Waals surface area contributed by atoms with Gasteiger partial charge in [-0.15, -0.1) is 0 Å². The minimum Gasteiger partial charge on any atom is -0.346 e. The Morgan fingerprint density at radius 2 is 2.18 bits per heavy atom. The quantitative estimate of drug-likeness (QED) is 0.595. The fraction of sp³-hybridized carbons (Fsp3) is 0. The van der Waals surface area contributed by atoms with Gasteiger partial charge in [0.05, 0.1) is 5.69 Å². The van der Waals surface area contributed by atoms with E-state index in [0.29, 0.717) is 11.3 Å². The Kier molecular flexibility index (Phi) is 1.22. The van der Waals surface area contributed by atoms with Gasteiger partial charge in [-0.1, -0.05) is 0 Å². The van der Waals surface area contributed by atoms with Crippen LogP contribution in [-0.2, 0) is 0 Å². The molecule has 0 atom stereocenters. The molecule has 0 aromatic carbocycles. The van der Waals surface area contributed by atoms with Gasteiger partial charge in [0.15, 0.2) is 0 Å². The van der Waals surface area contributed by atoms with Crippen LogP contribution in [0.3, 0.4) is 0 Å². The molecule has 2 heterocycles. The number of hydrogen-bond acceptors (Lipinski definition) is 1. The second kappa shape index (κ2) is 2.09. The standard InChI is InChI=1S/C9H6N2/c1-6-5-8-3-4-10-9(8)11-7(6)2/h1-5H,(H,10,11). The summed E-state index contributed by atoms with van der Waals surface area (Å²) in [6, 6.07) is 3.70. The highest BCUT2D eigenvalue weighted by molar-refractivity contribution is 5.76. The van der Waals surface area contributed by atoms with E-state index in [-0.39, 0.29) is 0 Å². The molecule has 0 unspecified atom stereocenters. The molecule has 2 aromatic heterocycles. The molecule has 1 N–H and O–H groups in total. The maximum Gasteiger partial charge on any atom is 0.137 e. The first-order valence-electron chi connectivity index (χ1n) is 3.26. The summed E-state index contributed by atoms with van der Waals surface area (Å²) in [7, 11) is 0. The highest BCUT2D eigenvalue weighted by atomic mass is 14.8. The lowest BCUT2D eigenvalue weighted by Crippen LogP contribution is -1.86. The molecule has 0 bridgehead atoms. The number of hydrogen-bond donors (Lipinski definition) is 1. The van der Waals surface area contributed by atoms with Gasteiger partial charge in [0, 0.05) is 25.4 Å². The molecule has 0 aliphatic rings. The summed E-state index contributed by atoms with van der Waals surface area (Å²) in [6.45, 7) is 11.0. The minimum atomic E-state index is 0.375. The summed E-state index contributed by atoms with van der Waals surface area (Å²) >= 11 is 0. The van der Waals surface area contributed by atoms with E-state index < -0.39 is 0 Å². The van der Waals surface area contributed by atoms with Gasteiger partial charge in [0.25, 0.3) is 0 Å². The van der Waals surface area contributed by atoms with Crippen LogP contribution in [0.15, 0.2) is 18.3 Å².